The van der Waals surface area contributed by atoms with Crippen LogP contribution in [-0.4, -0.2) is 30.9 Å². The number of hydrazine groups is 1. The fourth-order valence-corrected chi connectivity index (χ4v) is 3.18. The monoisotopic (exact) mass is 395 g/mol. The molecule has 0 spiro atoms. The van der Waals surface area contributed by atoms with Crippen LogP contribution in [0.3, 0.4) is 0 Å². The van der Waals surface area contributed by atoms with Crippen molar-refractivity contribution in [3.63, 3.8) is 0 Å². The number of nitrogens with one attached hydrogen (secondary N) is 2. The first-order chi connectivity index (χ1) is 14.0. The molecule has 0 aliphatic carbocycles. The van der Waals surface area contributed by atoms with Crippen LogP contribution in [0.1, 0.15) is 24.5 Å². The fourth-order valence-electron chi connectivity index (χ4n) is 3.18. The molecule has 3 rings (SSSR count). The van der Waals surface area contributed by atoms with E-state index in [1.807, 2.05) is 49.4 Å². The van der Waals surface area contributed by atoms with Crippen LogP contribution in [0.5, 0.6) is 5.75 Å². The van der Waals surface area contributed by atoms with Gasteiger partial charge in [0, 0.05) is 18.7 Å². The van der Waals surface area contributed by atoms with E-state index in [0.717, 1.165) is 17.7 Å². The van der Waals surface area contributed by atoms with E-state index in [2.05, 4.69) is 17.8 Å². The average Bonchev–Trinajstić information content (AvgIpc) is 3.13. The second-order valence-electron chi connectivity index (χ2n) is 7.02. The highest BCUT2D eigenvalue weighted by atomic mass is 16.5. The van der Waals surface area contributed by atoms with Crippen LogP contribution in [0.15, 0.2) is 48.5 Å². The van der Waals surface area contributed by atoms with Crippen molar-refractivity contribution in [3.8, 4) is 5.75 Å². The van der Waals surface area contributed by atoms with Crippen LogP contribution in [0.25, 0.3) is 0 Å². The third-order valence-corrected chi connectivity index (χ3v) is 4.93. The molecule has 0 bridgehead atoms. The van der Waals surface area contributed by atoms with Crippen molar-refractivity contribution in [2.45, 2.75) is 26.7 Å². The van der Waals surface area contributed by atoms with Gasteiger partial charge in [-0.15, -0.1) is 0 Å². The highest BCUT2D eigenvalue weighted by molar-refractivity contribution is 6.00. The third-order valence-electron chi connectivity index (χ3n) is 4.93. The van der Waals surface area contributed by atoms with Crippen molar-refractivity contribution < 1.29 is 19.1 Å². The first-order valence-electron chi connectivity index (χ1n) is 9.64. The fraction of sp³-hybridized carbons (Fsp3) is 0.318. The molecule has 2 N–H and O–H groups in total. The molecule has 7 heteroatoms. The lowest BCUT2D eigenvalue weighted by molar-refractivity contribution is -0.132. The predicted octanol–water partition coefficient (Wildman–Crippen LogP) is 2.14. The van der Waals surface area contributed by atoms with Crippen molar-refractivity contribution in [1.29, 1.82) is 0 Å². The van der Waals surface area contributed by atoms with Gasteiger partial charge in [0.05, 0.1) is 5.92 Å². The molecule has 152 valence electrons. The Balaban J connectivity index is 1.47. The molecule has 1 atom stereocenters. The minimum absolute atomic E-state index is 0.108. The first-order valence-corrected chi connectivity index (χ1v) is 9.64. The Labute approximate surface area is 170 Å². The van der Waals surface area contributed by atoms with Crippen LogP contribution in [0.4, 0.5) is 5.69 Å². The number of aryl methyl sites for hydroxylation is 2. The zero-order valence-corrected chi connectivity index (χ0v) is 16.6. The number of hydrogen-bond donors (Lipinski definition) is 2. The van der Waals surface area contributed by atoms with Gasteiger partial charge in [-0.05, 0) is 42.7 Å². The molecule has 2 aromatic rings. The molecule has 29 heavy (non-hydrogen) atoms. The van der Waals surface area contributed by atoms with Gasteiger partial charge in [-0.1, -0.05) is 37.3 Å². The second-order valence-corrected chi connectivity index (χ2v) is 7.02. The molecule has 0 aromatic heterocycles. The van der Waals surface area contributed by atoms with Crippen LogP contribution in [0, 0.1) is 12.8 Å². The van der Waals surface area contributed by atoms with E-state index >= 15 is 0 Å². The number of carbonyl (C=O) groups excluding carboxylic acids is 3. The number of rotatable bonds is 6. The van der Waals surface area contributed by atoms with E-state index in [9.17, 15) is 14.4 Å². The maximum absolute atomic E-state index is 12.4. The Kier molecular flexibility index (Phi) is 6.49. The van der Waals surface area contributed by atoms with Gasteiger partial charge in [0.25, 0.3) is 5.91 Å². The van der Waals surface area contributed by atoms with Gasteiger partial charge in [-0.2, -0.15) is 0 Å². The zero-order chi connectivity index (χ0) is 20.8. The number of benzene rings is 2. The molecule has 1 aliphatic heterocycles. The smallest absolute Gasteiger partial charge is 0.276 e. The summed E-state index contributed by atoms with van der Waals surface area (Å²) in [4.78, 5) is 38.2. The lowest BCUT2D eigenvalue weighted by Gasteiger charge is -2.17. The highest BCUT2D eigenvalue weighted by Gasteiger charge is 2.35. The molecular weight excluding hydrogens is 370 g/mol. The Morgan fingerprint density at radius 3 is 2.52 bits per heavy atom. The molecule has 0 radical (unpaired) electrons. The summed E-state index contributed by atoms with van der Waals surface area (Å²) in [7, 11) is 0. The number of carbonyl (C=O) groups is 3. The predicted molar refractivity (Wildman–Crippen MR) is 109 cm³/mol. The molecule has 3 amide bonds. The number of ether oxygens (including phenoxy) is 1. The maximum Gasteiger partial charge on any atom is 0.276 e. The Morgan fingerprint density at radius 2 is 1.83 bits per heavy atom. The zero-order valence-electron chi connectivity index (χ0n) is 16.6. The molecule has 1 saturated heterocycles. The molecule has 1 aliphatic rings. The van der Waals surface area contributed by atoms with E-state index in [4.69, 9.17) is 4.74 Å². The van der Waals surface area contributed by atoms with Crippen LogP contribution in [0.2, 0.25) is 0 Å². The normalized spacial score (nSPS) is 15.9. The summed E-state index contributed by atoms with van der Waals surface area (Å²) in [6, 6.07) is 15.1. The van der Waals surface area contributed by atoms with E-state index in [1.165, 1.54) is 5.56 Å². The Hall–Kier alpha value is -3.35. The average molecular weight is 395 g/mol. The number of nitrogens with zero attached hydrogens (tertiary/aromatic N) is 1. The van der Waals surface area contributed by atoms with Crippen LogP contribution < -0.4 is 20.5 Å². The summed E-state index contributed by atoms with van der Waals surface area (Å²) in [5, 5.41) is 0. The summed E-state index contributed by atoms with van der Waals surface area (Å²) >= 11 is 0. The minimum atomic E-state index is -0.522. The molecule has 1 fully saturated rings. The minimum Gasteiger partial charge on any atom is -0.483 e. The number of anilines is 1. The quantitative estimate of drug-likeness (QED) is 0.734. The van der Waals surface area contributed by atoms with Gasteiger partial charge in [0.1, 0.15) is 5.75 Å². The number of amides is 3. The SMILES string of the molecule is CCc1ccc(N2C[C@H](C(=O)NNC(=O)COc3ccccc3C)CC2=O)cc1. The summed E-state index contributed by atoms with van der Waals surface area (Å²) < 4.78 is 5.44. The van der Waals surface area contributed by atoms with Gasteiger partial charge >= 0.3 is 0 Å². The largest absolute Gasteiger partial charge is 0.483 e. The lowest BCUT2D eigenvalue weighted by Crippen LogP contribution is -2.46. The standard InChI is InChI=1S/C22H25N3O4/c1-3-16-8-10-18(11-9-16)25-13-17(12-21(25)27)22(28)24-23-20(26)14-29-19-7-5-4-6-15(19)2/h4-11,17H,3,12-14H2,1-2H3,(H,23,26)(H,24,28)/t17-/m1/s1. The topological polar surface area (TPSA) is 87.7 Å². The summed E-state index contributed by atoms with van der Waals surface area (Å²) in [6.45, 7) is 4.01. The Morgan fingerprint density at radius 1 is 1.10 bits per heavy atom. The van der Waals surface area contributed by atoms with E-state index in [0.29, 0.717) is 5.75 Å². The van der Waals surface area contributed by atoms with Crippen LogP contribution >= 0.6 is 0 Å². The van der Waals surface area contributed by atoms with Crippen LogP contribution in [-0.2, 0) is 20.8 Å². The van der Waals surface area contributed by atoms with Gasteiger partial charge in [-0.25, -0.2) is 0 Å². The molecular formula is C22H25N3O4. The van der Waals surface area contributed by atoms with Gasteiger partial charge in [-0.3, -0.25) is 25.2 Å². The molecule has 0 saturated carbocycles. The second kappa shape index (κ2) is 9.23. The van der Waals surface area contributed by atoms with E-state index in [1.54, 1.807) is 11.0 Å². The van der Waals surface area contributed by atoms with Gasteiger partial charge in [0.15, 0.2) is 6.61 Å². The van der Waals surface area contributed by atoms with Crippen molar-refractivity contribution in [2.75, 3.05) is 18.1 Å². The van der Waals surface area contributed by atoms with Crippen molar-refractivity contribution in [1.82, 2.24) is 10.9 Å². The molecule has 1 heterocycles. The third kappa shape index (κ3) is 5.13. The number of hydrogen-bond acceptors (Lipinski definition) is 4. The first kappa shape index (κ1) is 20.4. The summed E-state index contributed by atoms with van der Waals surface area (Å²) in [5.74, 6) is -0.886. The lowest BCUT2D eigenvalue weighted by atomic mass is 10.1. The van der Waals surface area contributed by atoms with Crippen molar-refractivity contribution in [3.05, 3.63) is 59.7 Å². The number of para-hydroxylation sites is 1. The van der Waals surface area contributed by atoms with E-state index < -0.39 is 17.7 Å². The van der Waals surface area contributed by atoms with Gasteiger partial charge < -0.3 is 9.64 Å². The van der Waals surface area contributed by atoms with Gasteiger partial charge in [0.2, 0.25) is 11.8 Å². The van der Waals surface area contributed by atoms with E-state index in [-0.39, 0.29) is 25.5 Å². The Bertz CT molecular complexity index is 895. The van der Waals surface area contributed by atoms with Crippen molar-refractivity contribution in [2.24, 2.45) is 5.92 Å². The summed E-state index contributed by atoms with van der Waals surface area (Å²) in [6.07, 6.45) is 1.03. The van der Waals surface area contributed by atoms with Crippen molar-refractivity contribution >= 4 is 23.4 Å². The molecule has 2 aromatic carbocycles. The molecule has 7 nitrogen and oxygen atoms in total. The maximum atomic E-state index is 12.4. The highest BCUT2D eigenvalue weighted by Crippen LogP contribution is 2.25. The molecule has 0 unspecified atom stereocenters. The summed E-state index contributed by atoms with van der Waals surface area (Å²) in [5.41, 5.74) is 7.61.